The van der Waals surface area contributed by atoms with E-state index in [0.29, 0.717) is 0 Å². The Hall–Kier alpha value is -1.76. The summed E-state index contributed by atoms with van der Waals surface area (Å²) < 4.78 is 0. The van der Waals surface area contributed by atoms with Crippen molar-refractivity contribution in [1.82, 2.24) is 0 Å². The zero-order valence-electron chi connectivity index (χ0n) is 11.9. The molecule has 0 aromatic heterocycles. The highest BCUT2D eigenvalue weighted by molar-refractivity contribution is 5.59. The molecule has 1 N–H and O–H groups in total. The van der Waals surface area contributed by atoms with E-state index in [2.05, 4.69) is 67.7 Å². The lowest BCUT2D eigenvalue weighted by molar-refractivity contribution is 0.717. The van der Waals surface area contributed by atoms with Gasteiger partial charge in [-0.2, -0.15) is 0 Å². The molecule has 0 heterocycles. The molecule has 0 radical (unpaired) electrons. The van der Waals surface area contributed by atoms with Crippen LogP contribution < -0.4 is 5.32 Å². The predicted octanol–water partition coefficient (Wildman–Crippen LogP) is 5.47. The maximum Gasteiger partial charge on any atom is 0.0384 e. The molecular formula is C18H23N. The molecule has 0 spiro atoms. The van der Waals surface area contributed by atoms with E-state index in [1.807, 2.05) is 0 Å². The molecule has 1 nitrogen and oxygen atoms in total. The molecule has 0 saturated heterocycles. The quantitative estimate of drug-likeness (QED) is 0.673. The van der Waals surface area contributed by atoms with Crippen LogP contribution in [0.25, 0.3) is 0 Å². The van der Waals surface area contributed by atoms with Crippen molar-refractivity contribution in [2.45, 2.75) is 39.5 Å². The van der Waals surface area contributed by atoms with Crippen LogP contribution in [0.2, 0.25) is 0 Å². The monoisotopic (exact) mass is 253 g/mol. The Morgan fingerprint density at radius 1 is 0.789 bits per heavy atom. The van der Waals surface area contributed by atoms with Gasteiger partial charge in [-0.05, 0) is 49.6 Å². The van der Waals surface area contributed by atoms with Gasteiger partial charge in [-0.3, -0.25) is 0 Å². The fourth-order valence-electron chi connectivity index (χ4n) is 2.14. The SMILES string of the molecule is CCCCCc1ccc(Nc2ccc(C)cc2)cc1. The predicted molar refractivity (Wildman–Crippen MR) is 84.1 cm³/mol. The van der Waals surface area contributed by atoms with Gasteiger partial charge >= 0.3 is 0 Å². The summed E-state index contributed by atoms with van der Waals surface area (Å²) in [6, 6.07) is 17.3. The van der Waals surface area contributed by atoms with Gasteiger partial charge in [-0.1, -0.05) is 49.6 Å². The fourth-order valence-corrected chi connectivity index (χ4v) is 2.14. The van der Waals surface area contributed by atoms with Gasteiger partial charge in [-0.25, -0.2) is 0 Å². The molecule has 100 valence electrons. The van der Waals surface area contributed by atoms with Crippen molar-refractivity contribution in [3.8, 4) is 0 Å². The van der Waals surface area contributed by atoms with E-state index >= 15 is 0 Å². The van der Waals surface area contributed by atoms with E-state index in [9.17, 15) is 0 Å². The van der Waals surface area contributed by atoms with E-state index in [1.54, 1.807) is 0 Å². The molecule has 0 amide bonds. The molecule has 2 aromatic carbocycles. The molecule has 0 bridgehead atoms. The van der Waals surface area contributed by atoms with Gasteiger partial charge in [0, 0.05) is 11.4 Å². The van der Waals surface area contributed by atoms with E-state index in [0.717, 1.165) is 11.4 Å². The third kappa shape index (κ3) is 4.44. The minimum atomic E-state index is 1.14. The van der Waals surface area contributed by atoms with Crippen LogP contribution in [0.4, 0.5) is 11.4 Å². The Balaban J connectivity index is 1.92. The smallest absolute Gasteiger partial charge is 0.0384 e. The Kier molecular flexibility index (Phi) is 5.02. The Labute approximate surface area is 116 Å². The number of aryl methyl sites for hydroxylation is 2. The first-order valence-electron chi connectivity index (χ1n) is 7.20. The highest BCUT2D eigenvalue weighted by Crippen LogP contribution is 2.18. The zero-order chi connectivity index (χ0) is 13.5. The first-order valence-corrected chi connectivity index (χ1v) is 7.20. The second kappa shape index (κ2) is 6.98. The number of rotatable bonds is 6. The molecule has 0 aliphatic rings. The van der Waals surface area contributed by atoms with Crippen molar-refractivity contribution in [2.24, 2.45) is 0 Å². The van der Waals surface area contributed by atoms with Crippen LogP contribution in [-0.4, -0.2) is 0 Å². The molecule has 0 unspecified atom stereocenters. The minimum Gasteiger partial charge on any atom is -0.356 e. The second-order valence-electron chi connectivity index (χ2n) is 5.15. The summed E-state index contributed by atoms with van der Waals surface area (Å²) in [6.07, 6.45) is 5.09. The fraction of sp³-hybridized carbons (Fsp3) is 0.333. The summed E-state index contributed by atoms with van der Waals surface area (Å²) in [6.45, 7) is 4.35. The first-order chi connectivity index (χ1) is 9.28. The molecule has 0 fully saturated rings. The highest BCUT2D eigenvalue weighted by Gasteiger charge is 1.96. The van der Waals surface area contributed by atoms with E-state index < -0.39 is 0 Å². The Morgan fingerprint density at radius 2 is 1.37 bits per heavy atom. The number of anilines is 2. The van der Waals surface area contributed by atoms with Crippen LogP contribution in [0, 0.1) is 6.92 Å². The average molecular weight is 253 g/mol. The van der Waals surface area contributed by atoms with Crippen LogP contribution in [0.3, 0.4) is 0 Å². The molecule has 0 aliphatic carbocycles. The number of hydrogen-bond acceptors (Lipinski definition) is 1. The second-order valence-corrected chi connectivity index (χ2v) is 5.15. The van der Waals surface area contributed by atoms with Crippen LogP contribution in [0.5, 0.6) is 0 Å². The van der Waals surface area contributed by atoms with Crippen molar-refractivity contribution in [1.29, 1.82) is 0 Å². The molecule has 0 aliphatic heterocycles. The lowest BCUT2D eigenvalue weighted by Crippen LogP contribution is -1.91. The molecule has 2 rings (SSSR count). The summed E-state index contributed by atoms with van der Waals surface area (Å²) in [4.78, 5) is 0. The van der Waals surface area contributed by atoms with Gasteiger partial charge in [0.2, 0.25) is 0 Å². The Morgan fingerprint density at radius 3 is 1.95 bits per heavy atom. The number of benzene rings is 2. The van der Waals surface area contributed by atoms with Gasteiger partial charge in [0.05, 0.1) is 0 Å². The molecule has 0 atom stereocenters. The summed E-state index contributed by atoms with van der Waals surface area (Å²) in [7, 11) is 0. The van der Waals surface area contributed by atoms with E-state index in [4.69, 9.17) is 0 Å². The van der Waals surface area contributed by atoms with Crippen molar-refractivity contribution < 1.29 is 0 Å². The summed E-state index contributed by atoms with van der Waals surface area (Å²) in [5.74, 6) is 0. The third-order valence-electron chi connectivity index (χ3n) is 3.36. The standard InChI is InChI=1S/C18H23N/c1-3-4-5-6-16-9-13-18(14-10-16)19-17-11-7-15(2)8-12-17/h7-14,19H,3-6H2,1-2H3. The number of nitrogens with one attached hydrogen (secondary N) is 1. The Bertz CT molecular complexity index is 482. The molecule has 0 saturated carbocycles. The number of unbranched alkanes of at least 4 members (excludes halogenated alkanes) is 2. The minimum absolute atomic E-state index is 1.14. The average Bonchev–Trinajstić information content (AvgIpc) is 2.44. The largest absolute Gasteiger partial charge is 0.356 e. The summed E-state index contributed by atoms with van der Waals surface area (Å²) in [5.41, 5.74) is 5.02. The lowest BCUT2D eigenvalue weighted by atomic mass is 10.1. The van der Waals surface area contributed by atoms with Gasteiger partial charge in [0.15, 0.2) is 0 Å². The molecule has 1 heteroatoms. The van der Waals surface area contributed by atoms with Gasteiger partial charge in [0.25, 0.3) is 0 Å². The normalized spacial score (nSPS) is 10.4. The van der Waals surface area contributed by atoms with Crippen LogP contribution in [0.1, 0.15) is 37.3 Å². The summed E-state index contributed by atoms with van der Waals surface area (Å²) in [5, 5.41) is 3.43. The van der Waals surface area contributed by atoms with Crippen LogP contribution in [-0.2, 0) is 6.42 Å². The van der Waals surface area contributed by atoms with Crippen molar-refractivity contribution in [3.05, 3.63) is 59.7 Å². The van der Waals surface area contributed by atoms with Crippen LogP contribution >= 0.6 is 0 Å². The van der Waals surface area contributed by atoms with Gasteiger partial charge in [0.1, 0.15) is 0 Å². The topological polar surface area (TPSA) is 12.0 Å². The van der Waals surface area contributed by atoms with E-state index in [1.165, 1.54) is 36.8 Å². The number of hydrogen-bond donors (Lipinski definition) is 1. The summed E-state index contributed by atoms with van der Waals surface area (Å²) >= 11 is 0. The maximum atomic E-state index is 3.43. The highest BCUT2D eigenvalue weighted by atomic mass is 14.9. The maximum absolute atomic E-state index is 3.43. The third-order valence-corrected chi connectivity index (χ3v) is 3.36. The molecule has 19 heavy (non-hydrogen) atoms. The zero-order valence-corrected chi connectivity index (χ0v) is 11.9. The first kappa shape index (κ1) is 13.7. The van der Waals surface area contributed by atoms with Crippen molar-refractivity contribution in [2.75, 3.05) is 5.32 Å². The van der Waals surface area contributed by atoms with E-state index in [-0.39, 0.29) is 0 Å². The molecular weight excluding hydrogens is 230 g/mol. The van der Waals surface area contributed by atoms with Gasteiger partial charge in [-0.15, -0.1) is 0 Å². The molecule has 2 aromatic rings. The van der Waals surface area contributed by atoms with Crippen molar-refractivity contribution in [3.63, 3.8) is 0 Å². The van der Waals surface area contributed by atoms with Crippen molar-refractivity contribution >= 4 is 11.4 Å². The van der Waals surface area contributed by atoms with Gasteiger partial charge < -0.3 is 5.32 Å². The van der Waals surface area contributed by atoms with Crippen LogP contribution in [0.15, 0.2) is 48.5 Å². The lowest BCUT2D eigenvalue weighted by Gasteiger charge is -2.08.